The van der Waals surface area contributed by atoms with Gasteiger partial charge in [0.25, 0.3) is 0 Å². The number of cyclic esters (lactones) is 1. The van der Waals surface area contributed by atoms with E-state index in [1.54, 1.807) is 4.90 Å². The number of likely N-dealkylation sites (tertiary alicyclic amines) is 1. The molecule has 0 spiro atoms. The van der Waals surface area contributed by atoms with Crippen molar-refractivity contribution in [2.75, 3.05) is 31.1 Å². The number of carbonyl (C=O) groups is 1. The first-order valence-corrected chi connectivity index (χ1v) is 9.17. The standard InChI is InChI=1S/C21H24N2O3/c24-20-23(18-9-5-2-6-10-18)16-19(26-20)15-22-13-11-21(25,12-14-22)17-7-3-1-4-8-17/h1-10,19,25H,11-16H2. The minimum absolute atomic E-state index is 0.134. The molecule has 1 atom stereocenters. The van der Waals surface area contributed by atoms with Gasteiger partial charge in [-0.05, 0) is 30.5 Å². The van der Waals surface area contributed by atoms with Crippen molar-refractivity contribution in [3.8, 4) is 0 Å². The number of anilines is 1. The number of rotatable bonds is 4. The van der Waals surface area contributed by atoms with Crippen molar-refractivity contribution in [1.29, 1.82) is 0 Å². The van der Waals surface area contributed by atoms with E-state index < -0.39 is 5.60 Å². The quantitative estimate of drug-likeness (QED) is 0.919. The lowest BCUT2D eigenvalue weighted by Crippen LogP contribution is -2.45. The monoisotopic (exact) mass is 352 g/mol. The zero-order valence-corrected chi connectivity index (χ0v) is 14.8. The second kappa shape index (κ2) is 7.09. The molecule has 5 heteroatoms. The molecule has 0 aliphatic carbocycles. The first-order valence-electron chi connectivity index (χ1n) is 9.17. The first-order chi connectivity index (χ1) is 12.6. The summed E-state index contributed by atoms with van der Waals surface area (Å²) >= 11 is 0. The molecule has 4 rings (SSSR count). The summed E-state index contributed by atoms with van der Waals surface area (Å²) in [5.74, 6) is 0. The van der Waals surface area contributed by atoms with Crippen molar-refractivity contribution in [2.24, 2.45) is 0 Å². The molecule has 0 saturated carbocycles. The predicted octanol–water partition coefficient (Wildman–Crippen LogP) is 3.00. The van der Waals surface area contributed by atoms with Crippen LogP contribution in [-0.2, 0) is 10.3 Å². The fourth-order valence-corrected chi connectivity index (χ4v) is 3.87. The van der Waals surface area contributed by atoms with Crippen molar-refractivity contribution in [3.05, 3.63) is 66.2 Å². The van der Waals surface area contributed by atoms with Gasteiger partial charge in [-0.2, -0.15) is 0 Å². The van der Waals surface area contributed by atoms with Gasteiger partial charge in [-0.25, -0.2) is 4.79 Å². The Morgan fingerprint density at radius 2 is 1.62 bits per heavy atom. The molecule has 2 aliphatic rings. The smallest absolute Gasteiger partial charge is 0.414 e. The summed E-state index contributed by atoms with van der Waals surface area (Å²) in [6.07, 6.45) is 0.977. The minimum atomic E-state index is -0.750. The summed E-state index contributed by atoms with van der Waals surface area (Å²) in [5, 5.41) is 10.9. The third-order valence-electron chi connectivity index (χ3n) is 5.40. The van der Waals surface area contributed by atoms with Crippen molar-refractivity contribution in [2.45, 2.75) is 24.5 Å². The number of carbonyl (C=O) groups excluding carboxylic acids is 1. The lowest BCUT2D eigenvalue weighted by Gasteiger charge is -2.39. The number of aliphatic hydroxyl groups is 1. The number of hydrogen-bond acceptors (Lipinski definition) is 4. The molecule has 2 heterocycles. The Morgan fingerprint density at radius 3 is 2.27 bits per heavy atom. The predicted molar refractivity (Wildman–Crippen MR) is 100 cm³/mol. The highest BCUT2D eigenvalue weighted by atomic mass is 16.6. The molecular weight excluding hydrogens is 328 g/mol. The first kappa shape index (κ1) is 17.1. The number of nitrogens with zero attached hydrogens (tertiary/aromatic N) is 2. The van der Waals surface area contributed by atoms with E-state index >= 15 is 0 Å². The van der Waals surface area contributed by atoms with Gasteiger partial charge in [0, 0.05) is 25.3 Å². The van der Waals surface area contributed by atoms with Crippen LogP contribution in [0.4, 0.5) is 10.5 Å². The lowest BCUT2D eigenvalue weighted by atomic mass is 9.84. The van der Waals surface area contributed by atoms with Gasteiger partial charge in [0.2, 0.25) is 0 Å². The van der Waals surface area contributed by atoms with Crippen molar-refractivity contribution in [3.63, 3.8) is 0 Å². The van der Waals surface area contributed by atoms with Gasteiger partial charge in [0.1, 0.15) is 6.10 Å². The number of piperidine rings is 1. The Morgan fingerprint density at radius 1 is 1.00 bits per heavy atom. The molecule has 2 fully saturated rings. The Labute approximate surface area is 153 Å². The fraction of sp³-hybridized carbons (Fsp3) is 0.381. The zero-order valence-electron chi connectivity index (χ0n) is 14.8. The molecule has 2 aromatic rings. The van der Waals surface area contributed by atoms with Gasteiger partial charge in [0.05, 0.1) is 12.1 Å². The van der Waals surface area contributed by atoms with Crippen molar-refractivity contribution >= 4 is 11.8 Å². The van der Waals surface area contributed by atoms with E-state index in [0.717, 1.165) is 24.3 Å². The molecular formula is C21H24N2O3. The largest absolute Gasteiger partial charge is 0.443 e. The molecule has 2 aromatic carbocycles. The van der Waals surface area contributed by atoms with Crippen LogP contribution in [0.15, 0.2) is 60.7 Å². The average Bonchev–Trinajstić information content (AvgIpc) is 3.05. The molecule has 0 bridgehead atoms. The molecule has 0 aromatic heterocycles. The maximum absolute atomic E-state index is 12.2. The van der Waals surface area contributed by atoms with Crippen LogP contribution >= 0.6 is 0 Å². The summed E-state index contributed by atoms with van der Waals surface area (Å²) in [6, 6.07) is 19.5. The second-order valence-electron chi connectivity index (χ2n) is 7.15. The molecule has 1 unspecified atom stereocenters. The molecule has 1 N–H and O–H groups in total. The lowest BCUT2D eigenvalue weighted by molar-refractivity contribution is -0.0325. The van der Waals surface area contributed by atoms with E-state index in [9.17, 15) is 9.90 Å². The highest BCUT2D eigenvalue weighted by molar-refractivity contribution is 5.89. The summed E-state index contributed by atoms with van der Waals surface area (Å²) in [6.45, 7) is 2.87. The highest BCUT2D eigenvalue weighted by Crippen LogP contribution is 2.33. The second-order valence-corrected chi connectivity index (χ2v) is 7.15. The van der Waals surface area contributed by atoms with Gasteiger partial charge >= 0.3 is 6.09 Å². The zero-order chi connectivity index (χ0) is 18.0. The van der Waals surface area contributed by atoms with Crippen LogP contribution < -0.4 is 4.90 Å². The van der Waals surface area contributed by atoms with E-state index in [4.69, 9.17) is 4.74 Å². The van der Waals surface area contributed by atoms with E-state index in [0.29, 0.717) is 25.9 Å². The summed E-state index contributed by atoms with van der Waals surface area (Å²) in [5.41, 5.74) is 1.11. The summed E-state index contributed by atoms with van der Waals surface area (Å²) in [4.78, 5) is 16.1. The molecule has 0 radical (unpaired) electrons. The molecule has 2 saturated heterocycles. The minimum Gasteiger partial charge on any atom is -0.443 e. The fourth-order valence-electron chi connectivity index (χ4n) is 3.87. The maximum Gasteiger partial charge on any atom is 0.414 e. The third kappa shape index (κ3) is 3.45. The molecule has 26 heavy (non-hydrogen) atoms. The average molecular weight is 352 g/mol. The van der Waals surface area contributed by atoms with E-state index in [1.165, 1.54) is 0 Å². The molecule has 136 valence electrons. The van der Waals surface area contributed by atoms with E-state index in [-0.39, 0.29) is 12.2 Å². The van der Waals surface area contributed by atoms with Gasteiger partial charge in [0.15, 0.2) is 0 Å². The van der Waals surface area contributed by atoms with Gasteiger partial charge in [-0.3, -0.25) is 9.80 Å². The maximum atomic E-state index is 12.2. The van der Waals surface area contributed by atoms with Crippen LogP contribution in [0.2, 0.25) is 0 Å². The van der Waals surface area contributed by atoms with Crippen LogP contribution in [0.3, 0.4) is 0 Å². The summed E-state index contributed by atoms with van der Waals surface area (Å²) in [7, 11) is 0. The van der Waals surface area contributed by atoms with Crippen LogP contribution in [-0.4, -0.2) is 48.4 Å². The molecule has 5 nitrogen and oxygen atoms in total. The number of benzene rings is 2. The summed E-state index contributed by atoms with van der Waals surface area (Å²) < 4.78 is 5.55. The highest BCUT2D eigenvalue weighted by Gasteiger charge is 2.37. The van der Waals surface area contributed by atoms with E-state index in [2.05, 4.69) is 4.90 Å². The van der Waals surface area contributed by atoms with E-state index in [1.807, 2.05) is 60.7 Å². The van der Waals surface area contributed by atoms with Crippen LogP contribution in [0.1, 0.15) is 18.4 Å². The normalized spacial score (nSPS) is 23.0. The number of hydrogen-bond donors (Lipinski definition) is 1. The van der Waals surface area contributed by atoms with Crippen LogP contribution in [0, 0.1) is 0 Å². The number of para-hydroxylation sites is 1. The molecule has 2 aliphatic heterocycles. The Hall–Kier alpha value is -2.37. The van der Waals surface area contributed by atoms with Gasteiger partial charge < -0.3 is 9.84 Å². The van der Waals surface area contributed by atoms with Crippen molar-refractivity contribution < 1.29 is 14.6 Å². The Kier molecular flexibility index (Phi) is 4.66. The number of amides is 1. The third-order valence-corrected chi connectivity index (χ3v) is 5.40. The Bertz CT molecular complexity index is 742. The van der Waals surface area contributed by atoms with Crippen LogP contribution in [0.25, 0.3) is 0 Å². The molecule has 1 amide bonds. The van der Waals surface area contributed by atoms with Crippen molar-refractivity contribution in [1.82, 2.24) is 4.90 Å². The van der Waals surface area contributed by atoms with Gasteiger partial charge in [-0.1, -0.05) is 48.5 Å². The van der Waals surface area contributed by atoms with Crippen LogP contribution in [0.5, 0.6) is 0 Å². The van der Waals surface area contributed by atoms with Gasteiger partial charge in [-0.15, -0.1) is 0 Å². The SMILES string of the molecule is O=C1OC(CN2CCC(O)(c3ccccc3)CC2)CN1c1ccccc1. The Balaban J connectivity index is 1.33. The number of ether oxygens (including phenoxy) is 1. The topological polar surface area (TPSA) is 53.0 Å².